The summed E-state index contributed by atoms with van der Waals surface area (Å²) in [6.07, 6.45) is 3.46. The number of benzene rings is 3. The topological polar surface area (TPSA) is 71.8 Å². The van der Waals surface area contributed by atoms with Crippen molar-refractivity contribution in [1.29, 1.82) is 0 Å². The van der Waals surface area contributed by atoms with Gasteiger partial charge in [-0.05, 0) is 85.6 Å². The minimum absolute atomic E-state index is 0.103. The molecule has 6 rings (SSSR count). The van der Waals surface area contributed by atoms with Gasteiger partial charge >= 0.3 is 0 Å². The fraction of sp³-hybridized carbons (Fsp3) is 0.242. The second kappa shape index (κ2) is 12.5. The summed E-state index contributed by atoms with van der Waals surface area (Å²) in [7, 11) is 0. The van der Waals surface area contributed by atoms with Gasteiger partial charge in [0, 0.05) is 29.2 Å². The molecule has 8 heteroatoms. The molecular formula is C33H32ClN5O2. The number of likely N-dealkylation sites (tertiary alicyclic amines) is 1. The van der Waals surface area contributed by atoms with Crippen molar-refractivity contribution in [3.63, 3.8) is 0 Å². The van der Waals surface area contributed by atoms with Crippen LogP contribution in [0, 0.1) is 0 Å². The SMILES string of the molecule is O=C(Cc1cccc(Cl)c1)Nc1cccc(-c2cccc3nc(Cc4ccc(OCCN5CCCC5)cc4)nn23)c1. The third-order valence-corrected chi connectivity index (χ3v) is 7.50. The zero-order valence-corrected chi connectivity index (χ0v) is 23.6. The molecule has 1 saturated heterocycles. The molecule has 0 bridgehead atoms. The van der Waals surface area contributed by atoms with Crippen LogP contribution in [0.25, 0.3) is 16.9 Å². The molecular weight excluding hydrogens is 534 g/mol. The number of carbonyl (C=O) groups excluding carboxylic acids is 1. The number of carbonyl (C=O) groups is 1. The third kappa shape index (κ3) is 6.93. The summed E-state index contributed by atoms with van der Waals surface area (Å²) in [4.78, 5) is 19.9. The Labute approximate surface area is 244 Å². The average Bonchev–Trinajstić information content (AvgIpc) is 3.64. The molecule has 2 aromatic heterocycles. The molecule has 208 valence electrons. The van der Waals surface area contributed by atoms with Crippen molar-refractivity contribution in [3.05, 3.63) is 113 Å². The number of hydrogen-bond acceptors (Lipinski definition) is 5. The number of nitrogens with one attached hydrogen (secondary N) is 1. The molecule has 0 spiro atoms. The molecule has 0 saturated carbocycles. The van der Waals surface area contributed by atoms with Crippen molar-refractivity contribution in [1.82, 2.24) is 19.5 Å². The van der Waals surface area contributed by atoms with E-state index in [4.69, 9.17) is 26.4 Å². The smallest absolute Gasteiger partial charge is 0.228 e. The standard InChI is InChI=1S/C33H32ClN5O2/c34-27-8-3-6-25(20-27)22-33(40)35-28-9-4-7-26(23-28)30-10-5-11-32-36-31(37-39(30)32)21-24-12-14-29(15-13-24)41-19-18-38-16-1-2-17-38/h3-15,20,23H,1-2,16-19,21-22H2,(H,35,40). The maximum absolute atomic E-state index is 12.7. The quantitative estimate of drug-likeness (QED) is 0.215. The van der Waals surface area contributed by atoms with Crippen LogP contribution < -0.4 is 10.1 Å². The summed E-state index contributed by atoms with van der Waals surface area (Å²) in [5.41, 5.74) is 5.31. The zero-order chi connectivity index (χ0) is 28.0. The first-order valence-electron chi connectivity index (χ1n) is 14.0. The molecule has 7 nitrogen and oxygen atoms in total. The lowest BCUT2D eigenvalue weighted by atomic mass is 10.1. The molecule has 1 aliphatic rings. The van der Waals surface area contributed by atoms with Gasteiger partial charge in [0.15, 0.2) is 11.5 Å². The number of nitrogens with zero attached hydrogens (tertiary/aromatic N) is 4. The maximum atomic E-state index is 12.7. The second-order valence-corrected chi connectivity index (χ2v) is 10.8. The maximum Gasteiger partial charge on any atom is 0.228 e. The van der Waals surface area contributed by atoms with Gasteiger partial charge < -0.3 is 10.1 Å². The number of hydrogen-bond donors (Lipinski definition) is 1. The predicted molar refractivity (Wildman–Crippen MR) is 163 cm³/mol. The molecule has 3 aromatic carbocycles. The van der Waals surface area contributed by atoms with Crippen LogP contribution in [0.15, 0.2) is 91.0 Å². The Balaban J connectivity index is 1.12. The van der Waals surface area contributed by atoms with Crippen LogP contribution >= 0.6 is 11.6 Å². The lowest BCUT2D eigenvalue weighted by Crippen LogP contribution is -2.25. The van der Waals surface area contributed by atoms with Gasteiger partial charge in [0.05, 0.1) is 12.1 Å². The van der Waals surface area contributed by atoms with Gasteiger partial charge in [-0.15, -0.1) is 0 Å². The molecule has 1 N–H and O–H groups in total. The highest BCUT2D eigenvalue weighted by Gasteiger charge is 2.13. The number of anilines is 1. The van der Waals surface area contributed by atoms with E-state index in [0.717, 1.165) is 51.8 Å². The normalized spacial score (nSPS) is 13.5. The van der Waals surface area contributed by atoms with E-state index in [1.54, 1.807) is 12.1 Å². The van der Waals surface area contributed by atoms with E-state index < -0.39 is 0 Å². The number of fused-ring (bicyclic) bond motifs is 1. The first-order chi connectivity index (χ1) is 20.1. The number of pyridine rings is 1. The highest BCUT2D eigenvalue weighted by Crippen LogP contribution is 2.24. The number of ether oxygens (including phenoxy) is 1. The lowest BCUT2D eigenvalue weighted by molar-refractivity contribution is -0.115. The van der Waals surface area contributed by atoms with Crippen molar-refractivity contribution in [3.8, 4) is 17.0 Å². The summed E-state index contributed by atoms with van der Waals surface area (Å²) in [6, 6.07) is 29.2. The molecule has 0 atom stereocenters. The van der Waals surface area contributed by atoms with Crippen molar-refractivity contribution < 1.29 is 9.53 Å². The van der Waals surface area contributed by atoms with Gasteiger partial charge in [-0.25, -0.2) is 9.50 Å². The Morgan fingerprint density at radius 3 is 2.54 bits per heavy atom. The Morgan fingerprint density at radius 2 is 1.71 bits per heavy atom. The fourth-order valence-electron chi connectivity index (χ4n) is 5.22. The van der Waals surface area contributed by atoms with Crippen LogP contribution in [-0.4, -0.2) is 51.6 Å². The summed E-state index contributed by atoms with van der Waals surface area (Å²) >= 11 is 6.06. The highest BCUT2D eigenvalue weighted by atomic mass is 35.5. The molecule has 1 amide bonds. The number of halogens is 1. The van der Waals surface area contributed by atoms with E-state index in [2.05, 4.69) is 22.3 Å². The van der Waals surface area contributed by atoms with Gasteiger partial charge in [0.2, 0.25) is 5.91 Å². The van der Waals surface area contributed by atoms with Gasteiger partial charge in [0.25, 0.3) is 0 Å². The Morgan fingerprint density at radius 1 is 0.902 bits per heavy atom. The van der Waals surface area contributed by atoms with E-state index in [1.165, 1.54) is 25.9 Å². The molecule has 1 aliphatic heterocycles. The van der Waals surface area contributed by atoms with Gasteiger partial charge in [-0.1, -0.05) is 54.1 Å². The monoisotopic (exact) mass is 565 g/mol. The van der Waals surface area contributed by atoms with Gasteiger partial charge in [0.1, 0.15) is 12.4 Å². The zero-order valence-electron chi connectivity index (χ0n) is 22.8. The molecule has 0 radical (unpaired) electrons. The van der Waals surface area contributed by atoms with Crippen LogP contribution in [0.5, 0.6) is 5.75 Å². The lowest BCUT2D eigenvalue weighted by Gasteiger charge is -2.14. The molecule has 0 aliphatic carbocycles. The molecule has 3 heterocycles. The summed E-state index contributed by atoms with van der Waals surface area (Å²) in [5, 5.41) is 8.44. The van der Waals surface area contributed by atoms with Gasteiger partial charge in [-0.2, -0.15) is 5.10 Å². The Kier molecular flexibility index (Phi) is 8.26. The molecule has 5 aromatic rings. The Hall–Kier alpha value is -4.20. The van der Waals surface area contributed by atoms with Crippen LogP contribution in [-0.2, 0) is 17.6 Å². The summed E-state index contributed by atoms with van der Waals surface area (Å²) in [6.45, 7) is 4.06. The van der Waals surface area contributed by atoms with E-state index in [1.807, 2.05) is 71.2 Å². The molecule has 1 fully saturated rings. The number of aromatic nitrogens is 3. The molecule has 41 heavy (non-hydrogen) atoms. The first-order valence-corrected chi connectivity index (χ1v) is 14.4. The van der Waals surface area contributed by atoms with Crippen molar-refractivity contribution >= 4 is 28.8 Å². The third-order valence-electron chi connectivity index (χ3n) is 7.26. The summed E-state index contributed by atoms with van der Waals surface area (Å²) < 4.78 is 7.80. The van der Waals surface area contributed by atoms with E-state index in [9.17, 15) is 4.79 Å². The predicted octanol–water partition coefficient (Wildman–Crippen LogP) is 6.30. The first kappa shape index (κ1) is 27.0. The minimum Gasteiger partial charge on any atom is -0.492 e. The largest absolute Gasteiger partial charge is 0.492 e. The van der Waals surface area contributed by atoms with E-state index >= 15 is 0 Å². The summed E-state index contributed by atoms with van der Waals surface area (Å²) in [5.74, 6) is 1.53. The van der Waals surface area contributed by atoms with Crippen LogP contribution in [0.2, 0.25) is 5.02 Å². The van der Waals surface area contributed by atoms with E-state index in [-0.39, 0.29) is 12.3 Å². The van der Waals surface area contributed by atoms with Crippen molar-refractivity contribution in [2.75, 3.05) is 31.6 Å². The van der Waals surface area contributed by atoms with Crippen LogP contribution in [0.4, 0.5) is 5.69 Å². The number of rotatable bonds is 10. The van der Waals surface area contributed by atoms with Crippen molar-refractivity contribution in [2.45, 2.75) is 25.7 Å². The fourth-order valence-corrected chi connectivity index (χ4v) is 5.43. The highest BCUT2D eigenvalue weighted by molar-refractivity contribution is 6.30. The average molecular weight is 566 g/mol. The van der Waals surface area contributed by atoms with Crippen molar-refractivity contribution in [2.24, 2.45) is 0 Å². The van der Waals surface area contributed by atoms with Crippen LogP contribution in [0.1, 0.15) is 29.8 Å². The molecule has 0 unspecified atom stereocenters. The number of amides is 1. The Bertz CT molecular complexity index is 1640. The minimum atomic E-state index is -0.103. The van der Waals surface area contributed by atoms with Gasteiger partial charge in [-0.3, -0.25) is 9.69 Å². The van der Waals surface area contributed by atoms with E-state index in [0.29, 0.717) is 18.1 Å². The van der Waals surface area contributed by atoms with Crippen LogP contribution in [0.3, 0.4) is 0 Å². The second-order valence-electron chi connectivity index (χ2n) is 10.4.